The first kappa shape index (κ1) is 21.6. The zero-order chi connectivity index (χ0) is 22.8. The number of hydrogen-bond acceptors (Lipinski definition) is 7. The van der Waals surface area contributed by atoms with Crippen LogP contribution in [0.1, 0.15) is 40.3 Å². The molecule has 2 heterocycles. The number of aromatic nitrogens is 2. The summed E-state index contributed by atoms with van der Waals surface area (Å²) in [5, 5.41) is 15.6. The third-order valence-corrected chi connectivity index (χ3v) is 5.91. The first-order valence-corrected chi connectivity index (χ1v) is 10.5. The smallest absolute Gasteiger partial charge is 0.285 e. The van der Waals surface area contributed by atoms with E-state index in [4.69, 9.17) is 4.52 Å². The van der Waals surface area contributed by atoms with E-state index in [1.807, 2.05) is 38.1 Å². The van der Waals surface area contributed by atoms with Crippen molar-refractivity contribution in [2.45, 2.75) is 26.8 Å². The topological polar surface area (TPSA) is 106 Å². The fraction of sp³-hybridized carbons (Fsp3) is 0.348. The highest BCUT2D eigenvalue weighted by molar-refractivity contribution is 5.98. The number of para-hydroxylation sites is 1. The molecule has 1 atom stereocenters. The third-order valence-electron chi connectivity index (χ3n) is 5.91. The van der Waals surface area contributed by atoms with E-state index in [0.29, 0.717) is 43.5 Å². The van der Waals surface area contributed by atoms with Gasteiger partial charge in [-0.3, -0.25) is 19.8 Å². The van der Waals surface area contributed by atoms with Crippen LogP contribution < -0.4 is 0 Å². The predicted octanol–water partition coefficient (Wildman–Crippen LogP) is 3.78. The maximum atomic E-state index is 13.0. The lowest BCUT2D eigenvalue weighted by Gasteiger charge is -2.36. The maximum absolute atomic E-state index is 13.0. The number of benzene rings is 2. The van der Waals surface area contributed by atoms with Crippen LogP contribution in [0.3, 0.4) is 0 Å². The van der Waals surface area contributed by atoms with Crippen LogP contribution in [0.2, 0.25) is 0 Å². The molecule has 1 aliphatic rings. The Bertz CT molecular complexity index is 1130. The van der Waals surface area contributed by atoms with E-state index in [-0.39, 0.29) is 23.2 Å². The molecule has 0 N–H and O–H groups in total. The summed E-state index contributed by atoms with van der Waals surface area (Å²) in [6, 6.07) is 12.7. The molecule has 1 aliphatic heterocycles. The number of aryl methyl sites for hydroxylation is 2. The van der Waals surface area contributed by atoms with Crippen molar-refractivity contribution in [2.24, 2.45) is 0 Å². The van der Waals surface area contributed by atoms with Crippen LogP contribution >= 0.6 is 0 Å². The summed E-state index contributed by atoms with van der Waals surface area (Å²) in [5.41, 5.74) is 2.55. The van der Waals surface area contributed by atoms with E-state index in [9.17, 15) is 14.9 Å². The number of hydrogen-bond donors (Lipinski definition) is 0. The van der Waals surface area contributed by atoms with Gasteiger partial charge in [0.1, 0.15) is 5.56 Å². The predicted molar refractivity (Wildman–Crippen MR) is 118 cm³/mol. The van der Waals surface area contributed by atoms with Gasteiger partial charge >= 0.3 is 0 Å². The minimum absolute atomic E-state index is 0.104. The molecule has 2 aromatic carbocycles. The fourth-order valence-electron chi connectivity index (χ4n) is 3.94. The SMILES string of the molecule is Cc1ccc(-c2noc(C(C)N3CCN(C(=O)c4cccc(C)c4[N+](=O)[O-])CC3)n2)cc1. The van der Waals surface area contributed by atoms with Crippen LogP contribution in [0.25, 0.3) is 11.4 Å². The summed E-state index contributed by atoms with van der Waals surface area (Å²) >= 11 is 0. The Morgan fingerprint density at radius 3 is 2.44 bits per heavy atom. The van der Waals surface area contributed by atoms with E-state index in [2.05, 4.69) is 15.0 Å². The molecule has 3 aromatic rings. The lowest BCUT2D eigenvalue weighted by molar-refractivity contribution is -0.385. The van der Waals surface area contributed by atoms with E-state index < -0.39 is 4.92 Å². The molecule has 0 saturated carbocycles. The van der Waals surface area contributed by atoms with Gasteiger partial charge in [-0.25, -0.2) is 0 Å². The minimum Gasteiger partial charge on any atom is -0.337 e. The van der Waals surface area contributed by atoms with Crippen molar-refractivity contribution < 1.29 is 14.2 Å². The van der Waals surface area contributed by atoms with Crippen molar-refractivity contribution in [1.29, 1.82) is 0 Å². The normalized spacial score (nSPS) is 15.5. The van der Waals surface area contributed by atoms with Crippen LogP contribution in [0.4, 0.5) is 5.69 Å². The number of piperazine rings is 1. The van der Waals surface area contributed by atoms with Gasteiger partial charge in [0.2, 0.25) is 11.7 Å². The van der Waals surface area contributed by atoms with Gasteiger partial charge < -0.3 is 9.42 Å². The van der Waals surface area contributed by atoms with E-state index in [1.165, 1.54) is 6.07 Å². The van der Waals surface area contributed by atoms with Gasteiger partial charge in [-0.2, -0.15) is 4.98 Å². The summed E-state index contributed by atoms with van der Waals surface area (Å²) in [4.78, 5) is 32.3. The molecule has 0 bridgehead atoms. The monoisotopic (exact) mass is 435 g/mol. The lowest BCUT2D eigenvalue weighted by atomic mass is 10.1. The number of amides is 1. The lowest BCUT2D eigenvalue weighted by Crippen LogP contribution is -2.49. The molecule has 9 heteroatoms. The molecular weight excluding hydrogens is 410 g/mol. The Balaban J connectivity index is 1.42. The highest BCUT2D eigenvalue weighted by Gasteiger charge is 2.31. The third kappa shape index (κ3) is 4.24. The molecule has 0 spiro atoms. The van der Waals surface area contributed by atoms with Gasteiger partial charge in [-0.15, -0.1) is 0 Å². The molecule has 1 fully saturated rings. The van der Waals surface area contributed by atoms with Gasteiger partial charge in [0.05, 0.1) is 11.0 Å². The summed E-state index contributed by atoms with van der Waals surface area (Å²) in [5.74, 6) is 0.759. The molecule has 1 amide bonds. The number of nitro groups is 1. The van der Waals surface area contributed by atoms with Crippen molar-refractivity contribution in [3.8, 4) is 11.4 Å². The summed E-state index contributed by atoms with van der Waals surface area (Å²) in [6.45, 7) is 7.80. The Morgan fingerprint density at radius 1 is 1.09 bits per heavy atom. The standard InChI is InChI=1S/C23H25N5O4/c1-15-7-9-18(10-8-15)21-24-22(32-25-21)17(3)26-11-13-27(14-12-26)23(29)19-6-4-5-16(2)20(19)28(30)31/h4-10,17H,11-14H2,1-3H3. The second-order valence-electron chi connectivity index (χ2n) is 8.05. The fourth-order valence-corrected chi connectivity index (χ4v) is 3.94. The van der Waals surface area contributed by atoms with Crippen molar-refractivity contribution >= 4 is 11.6 Å². The molecule has 1 unspecified atom stereocenters. The molecular formula is C23H25N5O4. The summed E-state index contributed by atoms with van der Waals surface area (Å²) in [6.07, 6.45) is 0. The molecule has 32 heavy (non-hydrogen) atoms. The minimum atomic E-state index is -0.484. The highest BCUT2D eigenvalue weighted by atomic mass is 16.6. The largest absolute Gasteiger partial charge is 0.337 e. The van der Waals surface area contributed by atoms with Crippen molar-refractivity contribution in [3.05, 3.63) is 75.2 Å². The Kier molecular flexibility index (Phi) is 6.00. The second-order valence-corrected chi connectivity index (χ2v) is 8.05. The first-order chi connectivity index (χ1) is 15.3. The second kappa shape index (κ2) is 8.88. The zero-order valence-electron chi connectivity index (χ0n) is 18.3. The zero-order valence-corrected chi connectivity index (χ0v) is 18.3. The summed E-state index contributed by atoms with van der Waals surface area (Å²) in [7, 11) is 0. The van der Waals surface area contributed by atoms with Gasteiger partial charge in [0.25, 0.3) is 11.6 Å². The average Bonchev–Trinajstić information content (AvgIpc) is 3.28. The Hall–Kier alpha value is -3.59. The van der Waals surface area contributed by atoms with Gasteiger partial charge in [-0.1, -0.05) is 47.1 Å². The van der Waals surface area contributed by atoms with E-state index in [0.717, 1.165) is 11.1 Å². The van der Waals surface area contributed by atoms with Crippen LogP contribution in [-0.4, -0.2) is 56.9 Å². The molecule has 9 nitrogen and oxygen atoms in total. The average molecular weight is 435 g/mol. The Labute approximate surface area is 185 Å². The molecule has 1 saturated heterocycles. The number of nitro benzene ring substituents is 1. The van der Waals surface area contributed by atoms with Crippen LogP contribution in [-0.2, 0) is 0 Å². The number of carbonyl (C=O) groups excluding carboxylic acids is 1. The number of nitrogens with zero attached hydrogens (tertiary/aromatic N) is 5. The van der Waals surface area contributed by atoms with Crippen LogP contribution in [0, 0.1) is 24.0 Å². The number of rotatable bonds is 5. The highest BCUT2D eigenvalue weighted by Crippen LogP contribution is 2.27. The quantitative estimate of drug-likeness (QED) is 0.443. The van der Waals surface area contributed by atoms with Crippen molar-refractivity contribution in [2.75, 3.05) is 26.2 Å². The van der Waals surface area contributed by atoms with Crippen molar-refractivity contribution in [1.82, 2.24) is 19.9 Å². The van der Waals surface area contributed by atoms with Gasteiger partial charge in [0.15, 0.2) is 0 Å². The van der Waals surface area contributed by atoms with Gasteiger partial charge in [0, 0.05) is 37.3 Å². The van der Waals surface area contributed by atoms with E-state index in [1.54, 1.807) is 24.0 Å². The number of carbonyl (C=O) groups is 1. The maximum Gasteiger partial charge on any atom is 0.285 e. The van der Waals surface area contributed by atoms with Gasteiger partial charge in [-0.05, 0) is 26.8 Å². The van der Waals surface area contributed by atoms with Crippen LogP contribution in [0.5, 0.6) is 0 Å². The molecule has 0 radical (unpaired) electrons. The molecule has 0 aliphatic carbocycles. The van der Waals surface area contributed by atoms with Crippen molar-refractivity contribution in [3.63, 3.8) is 0 Å². The molecule has 1 aromatic heterocycles. The first-order valence-electron chi connectivity index (χ1n) is 10.5. The molecule has 4 rings (SSSR count). The summed E-state index contributed by atoms with van der Waals surface area (Å²) < 4.78 is 5.50. The van der Waals surface area contributed by atoms with Crippen LogP contribution in [0.15, 0.2) is 47.0 Å². The molecule has 166 valence electrons. The van der Waals surface area contributed by atoms with E-state index >= 15 is 0 Å². The Morgan fingerprint density at radius 2 is 1.78 bits per heavy atom.